The van der Waals surface area contributed by atoms with Gasteiger partial charge in [-0.3, -0.25) is 0 Å². The predicted octanol–water partition coefficient (Wildman–Crippen LogP) is 2.02. The Balaban J connectivity index is 2.28. The number of phenols is 1. The molecule has 1 aliphatic heterocycles. The lowest BCUT2D eigenvalue weighted by atomic mass is 9.91. The van der Waals surface area contributed by atoms with E-state index in [2.05, 4.69) is 4.98 Å². The molecule has 0 bridgehead atoms. The number of nitrogens with zero attached hydrogens (tertiary/aromatic N) is 1. The molecule has 0 unspecified atom stereocenters. The first-order chi connectivity index (χ1) is 9.42. The van der Waals surface area contributed by atoms with Gasteiger partial charge in [0.05, 0.1) is 24.3 Å². The number of rotatable bonds is 1. The number of hydrogen-bond donors (Lipinski definition) is 2. The molecule has 5 nitrogen and oxygen atoms in total. The molecule has 5 heteroatoms. The monoisotopic (exact) mass is 275 g/mol. The molecular formula is C15H17NO4. The highest BCUT2D eigenvalue weighted by Gasteiger charge is 2.38. The molecule has 1 aromatic carbocycles. The Hall–Kier alpha value is -2.01. The van der Waals surface area contributed by atoms with Crippen molar-refractivity contribution < 1.29 is 19.7 Å². The van der Waals surface area contributed by atoms with Gasteiger partial charge in [-0.15, -0.1) is 0 Å². The van der Waals surface area contributed by atoms with Crippen LogP contribution in [0.25, 0.3) is 10.9 Å². The van der Waals surface area contributed by atoms with Gasteiger partial charge in [0.15, 0.2) is 0 Å². The molecule has 0 fully saturated rings. The molecule has 0 saturated heterocycles. The maximum atomic E-state index is 10.2. The number of fused-ring (bicyclic) bond motifs is 2. The molecule has 1 atom stereocenters. The van der Waals surface area contributed by atoms with E-state index in [1.807, 2.05) is 13.8 Å². The van der Waals surface area contributed by atoms with E-state index in [1.54, 1.807) is 25.3 Å². The van der Waals surface area contributed by atoms with Crippen LogP contribution in [0.15, 0.2) is 18.2 Å². The van der Waals surface area contributed by atoms with Crippen molar-refractivity contribution >= 4 is 10.9 Å². The quantitative estimate of drug-likeness (QED) is 0.833. The van der Waals surface area contributed by atoms with Crippen molar-refractivity contribution in [2.24, 2.45) is 0 Å². The van der Waals surface area contributed by atoms with Crippen LogP contribution in [0, 0.1) is 0 Å². The zero-order valence-electron chi connectivity index (χ0n) is 11.7. The zero-order valence-corrected chi connectivity index (χ0v) is 11.7. The standard InChI is InChI=1S/C15H17NO4/c1-15(2)12(18)7-10-13(19-3)9-6-8(17)4-5-11(9)16-14(10)20-15/h4-6,12,17-18H,7H2,1-3H3/t12-/m0/s1. The van der Waals surface area contributed by atoms with Gasteiger partial charge in [-0.2, -0.15) is 0 Å². The van der Waals surface area contributed by atoms with Gasteiger partial charge in [0.2, 0.25) is 5.88 Å². The predicted molar refractivity (Wildman–Crippen MR) is 74.4 cm³/mol. The lowest BCUT2D eigenvalue weighted by Crippen LogP contribution is -2.46. The van der Waals surface area contributed by atoms with Crippen molar-refractivity contribution in [3.05, 3.63) is 23.8 Å². The summed E-state index contributed by atoms with van der Waals surface area (Å²) in [4.78, 5) is 4.47. The molecule has 0 radical (unpaired) electrons. The van der Waals surface area contributed by atoms with Crippen LogP contribution in [-0.4, -0.2) is 34.0 Å². The molecule has 106 valence electrons. The third kappa shape index (κ3) is 1.86. The summed E-state index contributed by atoms with van der Waals surface area (Å²) in [5.41, 5.74) is 0.735. The first-order valence-electron chi connectivity index (χ1n) is 6.49. The Morgan fingerprint density at radius 2 is 2.15 bits per heavy atom. The Morgan fingerprint density at radius 1 is 1.40 bits per heavy atom. The second-order valence-corrected chi connectivity index (χ2v) is 5.56. The molecule has 0 aliphatic carbocycles. The smallest absolute Gasteiger partial charge is 0.221 e. The molecule has 2 heterocycles. The topological polar surface area (TPSA) is 71.8 Å². The van der Waals surface area contributed by atoms with Crippen LogP contribution >= 0.6 is 0 Å². The fraction of sp³-hybridized carbons (Fsp3) is 0.400. The average Bonchev–Trinajstić information content (AvgIpc) is 2.38. The summed E-state index contributed by atoms with van der Waals surface area (Å²) >= 11 is 0. The Kier molecular flexibility index (Phi) is 2.76. The Labute approximate surface area is 116 Å². The van der Waals surface area contributed by atoms with Crippen LogP contribution < -0.4 is 9.47 Å². The lowest BCUT2D eigenvalue weighted by molar-refractivity contribution is -0.0445. The van der Waals surface area contributed by atoms with E-state index in [9.17, 15) is 10.2 Å². The third-order valence-electron chi connectivity index (χ3n) is 3.74. The molecule has 2 aromatic rings. The van der Waals surface area contributed by atoms with Gasteiger partial charge in [-0.05, 0) is 32.0 Å². The van der Waals surface area contributed by atoms with Gasteiger partial charge in [0, 0.05) is 11.8 Å². The minimum absolute atomic E-state index is 0.148. The maximum absolute atomic E-state index is 10.2. The van der Waals surface area contributed by atoms with Gasteiger partial charge in [0.25, 0.3) is 0 Å². The molecule has 0 amide bonds. The van der Waals surface area contributed by atoms with Gasteiger partial charge in [0.1, 0.15) is 17.1 Å². The Morgan fingerprint density at radius 3 is 2.85 bits per heavy atom. The molecule has 2 N–H and O–H groups in total. The van der Waals surface area contributed by atoms with Crippen molar-refractivity contribution in [1.82, 2.24) is 4.98 Å². The van der Waals surface area contributed by atoms with E-state index in [0.717, 1.165) is 5.56 Å². The summed E-state index contributed by atoms with van der Waals surface area (Å²) in [6.45, 7) is 3.66. The molecule has 3 rings (SSSR count). The number of hydrogen-bond acceptors (Lipinski definition) is 5. The second kappa shape index (κ2) is 4.24. The molecule has 0 saturated carbocycles. The van der Waals surface area contributed by atoms with Gasteiger partial charge in [-0.25, -0.2) is 4.98 Å². The van der Waals surface area contributed by atoms with Crippen LogP contribution in [0.3, 0.4) is 0 Å². The highest BCUT2D eigenvalue weighted by atomic mass is 16.5. The summed E-state index contributed by atoms with van der Waals surface area (Å²) in [6.07, 6.45) is -0.232. The van der Waals surface area contributed by atoms with E-state index in [0.29, 0.717) is 29.0 Å². The highest BCUT2D eigenvalue weighted by molar-refractivity contribution is 5.88. The minimum atomic E-state index is -0.685. The summed E-state index contributed by atoms with van der Waals surface area (Å²) in [6, 6.07) is 4.90. The molecule has 1 aliphatic rings. The van der Waals surface area contributed by atoms with E-state index in [4.69, 9.17) is 9.47 Å². The molecular weight excluding hydrogens is 258 g/mol. The van der Waals surface area contributed by atoms with E-state index < -0.39 is 11.7 Å². The average molecular weight is 275 g/mol. The summed E-state index contributed by atoms with van der Waals surface area (Å²) < 4.78 is 11.3. The van der Waals surface area contributed by atoms with Crippen LogP contribution in [-0.2, 0) is 6.42 Å². The number of aliphatic hydroxyl groups excluding tert-OH is 1. The minimum Gasteiger partial charge on any atom is -0.508 e. The fourth-order valence-electron chi connectivity index (χ4n) is 2.49. The SMILES string of the molecule is COc1c2c(nc3ccc(O)cc13)OC(C)(C)[C@@H](O)C2. The lowest BCUT2D eigenvalue weighted by Gasteiger charge is -2.36. The van der Waals surface area contributed by atoms with Gasteiger partial charge < -0.3 is 19.7 Å². The number of methoxy groups -OCH3 is 1. The Bertz CT molecular complexity index is 681. The van der Waals surface area contributed by atoms with Crippen LogP contribution in [0.2, 0.25) is 0 Å². The number of aromatic hydroxyl groups is 1. The number of aliphatic hydroxyl groups is 1. The first kappa shape index (κ1) is 13.0. The van der Waals surface area contributed by atoms with Crippen LogP contribution in [0.5, 0.6) is 17.4 Å². The zero-order chi connectivity index (χ0) is 14.5. The van der Waals surface area contributed by atoms with Gasteiger partial charge in [-0.1, -0.05) is 0 Å². The first-order valence-corrected chi connectivity index (χ1v) is 6.49. The number of phenolic OH excluding ortho intramolecular Hbond substituents is 1. The van der Waals surface area contributed by atoms with Crippen molar-refractivity contribution in [2.45, 2.75) is 32.0 Å². The van der Waals surface area contributed by atoms with Crippen LogP contribution in [0.1, 0.15) is 19.4 Å². The summed E-state index contributed by atoms with van der Waals surface area (Å²) in [5.74, 6) is 1.22. The summed E-state index contributed by atoms with van der Waals surface area (Å²) in [7, 11) is 1.56. The van der Waals surface area contributed by atoms with Gasteiger partial charge >= 0.3 is 0 Å². The third-order valence-corrected chi connectivity index (χ3v) is 3.74. The number of pyridine rings is 1. The van der Waals surface area contributed by atoms with Crippen LogP contribution in [0.4, 0.5) is 0 Å². The largest absolute Gasteiger partial charge is 0.508 e. The van der Waals surface area contributed by atoms with Crippen molar-refractivity contribution in [3.63, 3.8) is 0 Å². The van der Waals surface area contributed by atoms with E-state index in [-0.39, 0.29) is 5.75 Å². The van der Waals surface area contributed by atoms with Crippen molar-refractivity contribution in [3.8, 4) is 17.4 Å². The fourth-order valence-corrected chi connectivity index (χ4v) is 2.49. The normalized spacial score (nSPS) is 20.3. The molecule has 0 spiro atoms. The van der Waals surface area contributed by atoms with Crippen molar-refractivity contribution in [2.75, 3.05) is 7.11 Å². The summed E-state index contributed by atoms with van der Waals surface area (Å²) in [5, 5.41) is 20.5. The molecule has 20 heavy (non-hydrogen) atoms. The maximum Gasteiger partial charge on any atom is 0.221 e. The number of aromatic nitrogens is 1. The van der Waals surface area contributed by atoms with E-state index in [1.165, 1.54) is 0 Å². The van der Waals surface area contributed by atoms with E-state index >= 15 is 0 Å². The molecule has 1 aromatic heterocycles. The second-order valence-electron chi connectivity index (χ2n) is 5.56. The highest BCUT2D eigenvalue weighted by Crippen LogP contribution is 2.41. The number of ether oxygens (including phenoxy) is 2. The van der Waals surface area contributed by atoms with Crippen molar-refractivity contribution in [1.29, 1.82) is 0 Å². The number of benzene rings is 1.